The smallest absolute Gasteiger partial charge is 0.272 e. The first-order valence-electron chi connectivity index (χ1n) is 8.12. The van der Waals surface area contributed by atoms with E-state index in [1.165, 1.54) is 12.3 Å². The zero-order valence-electron chi connectivity index (χ0n) is 13.1. The highest BCUT2D eigenvalue weighted by atomic mass is 19.3. The minimum absolute atomic E-state index is 0.0505. The lowest BCUT2D eigenvalue weighted by atomic mass is 9.84. The van der Waals surface area contributed by atoms with Gasteiger partial charge in [0.05, 0.1) is 11.7 Å². The lowest BCUT2D eigenvalue weighted by molar-refractivity contribution is 0.0565. The monoisotopic (exact) mass is 335 g/mol. The van der Waals surface area contributed by atoms with Gasteiger partial charge in [-0.15, -0.1) is 0 Å². The van der Waals surface area contributed by atoms with E-state index in [4.69, 9.17) is 5.26 Å². The topological polar surface area (TPSA) is 86.0 Å². The van der Waals surface area contributed by atoms with Crippen LogP contribution in [0.15, 0.2) is 17.1 Å². The molecule has 0 bridgehead atoms. The molecule has 2 aromatic rings. The van der Waals surface area contributed by atoms with Crippen molar-refractivity contribution in [1.29, 1.82) is 5.26 Å². The molecule has 128 valence electrons. The number of aromatic nitrogens is 3. The molecule has 1 fully saturated rings. The summed E-state index contributed by atoms with van der Waals surface area (Å²) in [6.07, 6.45) is 3.60. The Kier molecular flexibility index (Phi) is 4.90. The third-order valence-electron chi connectivity index (χ3n) is 4.62. The number of H-pyrrole nitrogens is 1. The summed E-state index contributed by atoms with van der Waals surface area (Å²) in [5, 5.41) is 14.5. The van der Waals surface area contributed by atoms with Gasteiger partial charge < -0.3 is 5.32 Å². The number of nitrogens with one attached hydrogen (secondary N) is 2. The van der Waals surface area contributed by atoms with E-state index in [-0.39, 0.29) is 29.2 Å². The van der Waals surface area contributed by atoms with E-state index in [0.717, 1.165) is 36.6 Å². The van der Waals surface area contributed by atoms with E-state index < -0.39 is 12.5 Å². The van der Waals surface area contributed by atoms with Crippen LogP contribution in [0.1, 0.15) is 43.4 Å². The van der Waals surface area contributed by atoms with Gasteiger partial charge >= 0.3 is 0 Å². The molecule has 1 aliphatic rings. The number of fused-ring (bicyclic) bond motifs is 1. The molecule has 0 radical (unpaired) electrons. The van der Waals surface area contributed by atoms with E-state index in [9.17, 15) is 13.6 Å². The van der Waals surface area contributed by atoms with Crippen molar-refractivity contribution in [2.45, 2.75) is 51.1 Å². The van der Waals surface area contributed by atoms with Crippen LogP contribution < -0.4 is 10.9 Å². The Hall–Kier alpha value is -2.27. The number of hydrogen-bond donors (Lipinski definition) is 2. The quantitative estimate of drug-likeness (QED) is 0.877. The summed E-state index contributed by atoms with van der Waals surface area (Å²) in [7, 11) is 0. The molecule has 1 atom stereocenters. The van der Waals surface area contributed by atoms with Crippen LogP contribution in [0.3, 0.4) is 0 Å². The molecule has 1 saturated carbocycles. The Morgan fingerprint density at radius 1 is 1.42 bits per heavy atom. The van der Waals surface area contributed by atoms with E-state index in [2.05, 4.69) is 15.4 Å². The van der Waals surface area contributed by atoms with Crippen molar-refractivity contribution in [2.24, 2.45) is 5.92 Å². The fourth-order valence-electron chi connectivity index (χ4n) is 3.38. The van der Waals surface area contributed by atoms with E-state index >= 15 is 0 Å². The van der Waals surface area contributed by atoms with Gasteiger partial charge in [0.15, 0.2) is 5.65 Å². The van der Waals surface area contributed by atoms with Crippen LogP contribution >= 0.6 is 0 Å². The second-order valence-electron chi connectivity index (χ2n) is 6.18. The molecule has 1 aliphatic carbocycles. The van der Waals surface area contributed by atoms with Gasteiger partial charge in [0.25, 0.3) is 12.0 Å². The van der Waals surface area contributed by atoms with Gasteiger partial charge in [0.1, 0.15) is 11.6 Å². The Labute approximate surface area is 137 Å². The van der Waals surface area contributed by atoms with Crippen molar-refractivity contribution < 1.29 is 8.78 Å². The second-order valence-corrected chi connectivity index (χ2v) is 6.18. The second kappa shape index (κ2) is 7.09. The first kappa shape index (κ1) is 16.6. The molecular weight excluding hydrogens is 316 g/mol. The molecule has 0 saturated heterocycles. The molecule has 8 heteroatoms. The molecular formula is C16H19F2N5O. The number of alkyl halides is 2. The number of nitrogens with zero attached hydrogens (tertiary/aromatic N) is 3. The minimum Gasteiger partial charge on any atom is -0.303 e. The predicted molar refractivity (Wildman–Crippen MR) is 83.7 cm³/mol. The van der Waals surface area contributed by atoms with E-state index in [1.54, 1.807) is 0 Å². The van der Waals surface area contributed by atoms with Crippen molar-refractivity contribution in [3.05, 3.63) is 33.9 Å². The molecule has 24 heavy (non-hydrogen) atoms. The summed E-state index contributed by atoms with van der Waals surface area (Å²) in [6, 6.07) is 2.34. The summed E-state index contributed by atoms with van der Waals surface area (Å²) in [4.78, 5) is 16.3. The fourth-order valence-corrected chi connectivity index (χ4v) is 3.38. The fraction of sp³-hybridized carbons (Fsp3) is 0.562. The van der Waals surface area contributed by atoms with Crippen molar-refractivity contribution in [2.75, 3.05) is 0 Å². The van der Waals surface area contributed by atoms with Gasteiger partial charge in [-0.3, -0.25) is 9.89 Å². The highest BCUT2D eigenvalue weighted by Crippen LogP contribution is 2.29. The summed E-state index contributed by atoms with van der Waals surface area (Å²) < 4.78 is 27.9. The standard InChI is InChI=1S/C16H19F2N5O/c17-15(18)14(10-4-2-1-3-5-10)20-9-12-6-13(24)23-16(22-12)11(7-19)8-21-23/h6,8,10,14-15,20-21H,1-5,9H2. The minimum atomic E-state index is -2.46. The largest absolute Gasteiger partial charge is 0.303 e. The van der Waals surface area contributed by atoms with Gasteiger partial charge in [-0.05, 0) is 18.8 Å². The number of rotatable bonds is 5. The van der Waals surface area contributed by atoms with E-state index in [1.807, 2.05) is 6.07 Å². The third kappa shape index (κ3) is 3.31. The Balaban J connectivity index is 1.78. The van der Waals surface area contributed by atoms with Crippen LogP contribution in [0.5, 0.6) is 0 Å². The molecule has 6 nitrogen and oxygen atoms in total. The molecule has 0 spiro atoms. The molecule has 0 aromatic carbocycles. The van der Waals surface area contributed by atoms with Crippen LogP contribution in [-0.2, 0) is 6.54 Å². The molecule has 2 N–H and O–H groups in total. The highest BCUT2D eigenvalue weighted by molar-refractivity contribution is 5.53. The third-order valence-corrected chi connectivity index (χ3v) is 4.62. The maximum atomic E-state index is 13.4. The van der Waals surface area contributed by atoms with Crippen molar-refractivity contribution in [1.82, 2.24) is 19.9 Å². The van der Waals surface area contributed by atoms with E-state index in [0.29, 0.717) is 5.69 Å². The first-order chi connectivity index (χ1) is 11.6. The Morgan fingerprint density at radius 3 is 2.83 bits per heavy atom. The first-order valence-corrected chi connectivity index (χ1v) is 8.12. The molecule has 0 amide bonds. The van der Waals surface area contributed by atoms with Gasteiger partial charge in [-0.2, -0.15) is 5.26 Å². The average molecular weight is 335 g/mol. The zero-order chi connectivity index (χ0) is 17.1. The lowest BCUT2D eigenvalue weighted by Crippen LogP contribution is -2.42. The Bertz CT molecular complexity index is 801. The van der Waals surface area contributed by atoms with Crippen molar-refractivity contribution >= 4 is 5.65 Å². The summed E-state index contributed by atoms with van der Waals surface area (Å²) in [5.41, 5.74) is 0.446. The van der Waals surface area contributed by atoms with Gasteiger partial charge in [-0.25, -0.2) is 18.3 Å². The van der Waals surface area contributed by atoms with Crippen molar-refractivity contribution in [3.63, 3.8) is 0 Å². The number of aromatic amines is 1. The maximum Gasteiger partial charge on any atom is 0.272 e. The van der Waals surface area contributed by atoms with Gasteiger partial charge in [-0.1, -0.05) is 19.3 Å². The molecule has 0 aliphatic heterocycles. The zero-order valence-corrected chi connectivity index (χ0v) is 13.1. The summed E-state index contributed by atoms with van der Waals surface area (Å²) in [5.74, 6) is -0.0505. The van der Waals surface area contributed by atoms with Gasteiger partial charge in [0.2, 0.25) is 0 Å². The molecule has 3 rings (SSSR count). The van der Waals surface area contributed by atoms with Crippen molar-refractivity contribution in [3.8, 4) is 6.07 Å². The SMILES string of the molecule is N#Cc1c[nH]n2c(=O)cc(CNC(C(F)F)C3CCCCC3)nc12. The Morgan fingerprint density at radius 2 is 2.17 bits per heavy atom. The molecule has 2 heterocycles. The normalized spacial score (nSPS) is 17.2. The van der Waals surface area contributed by atoms with Crippen LogP contribution in [0, 0.1) is 17.2 Å². The number of halogens is 2. The molecule has 2 aromatic heterocycles. The highest BCUT2D eigenvalue weighted by Gasteiger charge is 2.30. The van der Waals surface area contributed by atoms with Crippen LogP contribution in [0.2, 0.25) is 0 Å². The number of nitriles is 1. The lowest BCUT2D eigenvalue weighted by Gasteiger charge is -2.30. The summed E-state index contributed by atoms with van der Waals surface area (Å²) >= 11 is 0. The molecule has 1 unspecified atom stereocenters. The average Bonchev–Trinajstić information content (AvgIpc) is 2.99. The van der Waals surface area contributed by atoms with Crippen LogP contribution in [0.25, 0.3) is 5.65 Å². The maximum absolute atomic E-state index is 13.4. The van der Waals surface area contributed by atoms with Crippen LogP contribution in [-0.4, -0.2) is 27.1 Å². The predicted octanol–water partition coefficient (Wildman–Crippen LogP) is 2.20. The van der Waals surface area contributed by atoms with Crippen LogP contribution in [0.4, 0.5) is 8.78 Å². The number of hydrogen-bond acceptors (Lipinski definition) is 4. The summed E-state index contributed by atoms with van der Waals surface area (Å²) in [6.45, 7) is 0.0767. The van der Waals surface area contributed by atoms with Gasteiger partial charge in [0, 0.05) is 18.8 Å².